The molecule has 1 atom stereocenters. The molecular weight excluding hydrogens is 386 g/mol. The van der Waals surface area contributed by atoms with Crippen LogP contribution in [0, 0.1) is 5.92 Å². The van der Waals surface area contributed by atoms with E-state index in [-0.39, 0.29) is 30.1 Å². The van der Waals surface area contributed by atoms with Crippen molar-refractivity contribution in [3.05, 3.63) is 54.0 Å². The third-order valence-corrected chi connectivity index (χ3v) is 5.71. The van der Waals surface area contributed by atoms with Gasteiger partial charge in [-0.15, -0.1) is 0 Å². The summed E-state index contributed by atoms with van der Waals surface area (Å²) in [6, 6.07) is 10.9. The maximum atomic E-state index is 12.9. The molecule has 2 fully saturated rings. The average molecular weight is 411 g/mol. The smallest absolute Gasteiger partial charge is 0.289 e. The SMILES string of the molecule is COc1ccc(CN2C[C@@H](C(=O)N3CCN(C(=O)c4ccco4)CC3)CC2=O)cc1. The molecule has 4 rings (SSSR count). The fraction of sp³-hybridized carbons (Fsp3) is 0.409. The summed E-state index contributed by atoms with van der Waals surface area (Å²) in [6.45, 7) is 2.76. The molecule has 3 heterocycles. The lowest BCUT2D eigenvalue weighted by Gasteiger charge is -2.35. The van der Waals surface area contributed by atoms with Gasteiger partial charge in [0.25, 0.3) is 5.91 Å². The Morgan fingerprint density at radius 3 is 2.40 bits per heavy atom. The van der Waals surface area contributed by atoms with E-state index >= 15 is 0 Å². The van der Waals surface area contributed by atoms with Crippen LogP contribution in [0.5, 0.6) is 5.75 Å². The van der Waals surface area contributed by atoms with Gasteiger partial charge in [-0.3, -0.25) is 14.4 Å². The molecule has 0 bridgehead atoms. The van der Waals surface area contributed by atoms with Gasteiger partial charge in [-0.2, -0.15) is 0 Å². The highest BCUT2D eigenvalue weighted by Gasteiger charge is 2.37. The molecule has 1 aromatic carbocycles. The van der Waals surface area contributed by atoms with Crippen molar-refractivity contribution in [3.63, 3.8) is 0 Å². The summed E-state index contributed by atoms with van der Waals surface area (Å²) in [5.41, 5.74) is 1.00. The first-order valence-electron chi connectivity index (χ1n) is 10.1. The first-order chi connectivity index (χ1) is 14.5. The minimum Gasteiger partial charge on any atom is -0.497 e. The number of likely N-dealkylation sites (tertiary alicyclic amines) is 1. The third kappa shape index (κ3) is 4.17. The molecule has 2 aliphatic rings. The molecule has 3 amide bonds. The number of ether oxygens (including phenoxy) is 1. The van der Waals surface area contributed by atoms with Crippen molar-refractivity contribution in [3.8, 4) is 5.75 Å². The van der Waals surface area contributed by atoms with E-state index in [0.29, 0.717) is 45.0 Å². The Labute approximate surface area is 175 Å². The van der Waals surface area contributed by atoms with Gasteiger partial charge in [-0.05, 0) is 29.8 Å². The number of hydrogen-bond acceptors (Lipinski definition) is 5. The molecule has 2 saturated heterocycles. The van der Waals surface area contributed by atoms with Crippen molar-refractivity contribution in [1.82, 2.24) is 14.7 Å². The Morgan fingerprint density at radius 2 is 1.77 bits per heavy atom. The number of amides is 3. The predicted octanol–water partition coefficient (Wildman–Crippen LogP) is 1.62. The van der Waals surface area contributed by atoms with Gasteiger partial charge in [-0.25, -0.2) is 0 Å². The Bertz CT molecular complexity index is 901. The van der Waals surface area contributed by atoms with E-state index in [4.69, 9.17) is 9.15 Å². The van der Waals surface area contributed by atoms with Gasteiger partial charge in [0, 0.05) is 45.7 Å². The lowest BCUT2D eigenvalue weighted by Crippen LogP contribution is -2.52. The number of hydrogen-bond donors (Lipinski definition) is 0. The number of methoxy groups -OCH3 is 1. The van der Waals surface area contributed by atoms with Crippen LogP contribution in [0.2, 0.25) is 0 Å². The van der Waals surface area contributed by atoms with Crippen LogP contribution in [0.4, 0.5) is 0 Å². The monoisotopic (exact) mass is 411 g/mol. The van der Waals surface area contributed by atoms with Crippen molar-refractivity contribution < 1.29 is 23.5 Å². The maximum Gasteiger partial charge on any atom is 0.289 e. The highest BCUT2D eigenvalue weighted by Crippen LogP contribution is 2.24. The molecule has 2 aliphatic heterocycles. The zero-order valence-electron chi connectivity index (χ0n) is 17.0. The molecule has 8 nitrogen and oxygen atoms in total. The molecule has 2 aromatic rings. The summed E-state index contributed by atoms with van der Waals surface area (Å²) in [6.07, 6.45) is 1.71. The number of carbonyl (C=O) groups is 3. The second kappa shape index (κ2) is 8.61. The van der Waals surface area contributed by atoms with Crippen LogP contribution in [0.15, 0.2) is 47.1 Å². The van der Waals surface area contributed by atoms with E-state index in [2.05, 4.69) is 0 Å². The number of carbonyl (C=O) groups excluding carboxylic acids is 3. The van der Waals surface area contributed by atoms with Crippen LogP contribution in [-0.2, 0) is 16.1 Å². The normalized spacial score (nSPS) is 19.3. The molecule has 0 unspecified atom stereocenters. The van der Waals surface area contributed by atoms with Gasteiger partial charge in [-0.1, -0.05) is 12.1 Å². The summed E-state index contributed by atoms with van der Waals surface area (Å²) >= 11 is 0. The molecule has 0 radical (unpaired) electrons. The van der Waals surface area contributed by atoms with Crippen molar-refractivity contribution in [2.45, 2.75) is 13.0 Å². The number of benzene rings is 1. The Balaban J connectivity index is 1.30. The Morgan fingerprint density at radius 1 is 1.07 bits per heavy atom. The number of rotatable bonds is 5. The topological polar surface area (TPSA) is 83.3 Å². The van der Waals surface area contributed by atoms with Crippen LogP contribution in [0.25, 0.3) is 0 Å². The maximum absolute atomic E-state index is 12.9. The van der Waals surface area contributed by atoms with Crippen molar-refractivity contribution in [2.75, 3.05) is 39.8 Å². The first kappa shape index (κ1) is 20.0. The highest BCUT2D eigenvalue weighted by molar-refractivity contribution is 5.92. The minimum absolute atomic E-state index is 0.00389. The summed E-state index contributed by atoms with van der Waals surface area (Å²) in [5, 5.41) is 0. The minimum atomic E-state index is -0.330. The molecule has 8 heteroatoms. The van der Waals surface area contributed by atoms with Crippen molar-refractivity contribution in [2.24, 2.45) is 5.92 Å². The molecule has 1 aromatic heterocycles. The van der Waals surface area contributed by atoms with Crippen LogP contribution in [-0.4, -0.2) is 72.3 Å². The number of furan rings is 1. The van der Waals surface area contributed by atoms with E-state index in [0.717, 1.165) is 11.3 Å². The van der Waals surface area contributed by atoms with E-state index in [1.807, 2.05) is 24.3 Å². The van der Waals surface area contributed by atoms with Crippen molar-refractivity contribution in [1.29, 1.82) is 0 Å². The molecule has 0 spiro atoms. The Hall–Kier alpha value is -3.29. The zero-order valence-corrected chi connectivity index (χ0v) is 17.0. The quantitative estimate of drug-likeness (QED) is 0.747. The lowest BCUT2D eigenvalue weighted by molar-refractivity contribution is -0.137. The Kier molecular flexibility index (Phi) is 5.74. The standard InChI is InChI=1S/C22H25N3O5/c1-29-18-6-4-16(5-7-18)14-25-15-17(13-20(25)26)21(27)23-8-10-24(11-9-23)22(28)19-3-2-12-30-19/h2-7,12,17H,8-11,13-15H2,1H3/t17-/m0/s1. The van der Waals surface area contributed by atoms with Gasteiger partial charge in [0.2, 0.25) is 11.8 Å². The fourth-order valence-corrected chi connectivity index (χ4v) is 3.99. The van der Waals surface area contributed by atoms with Gasteiger partial charge in [0.15, 0.2) is 5.76 Å². The van der Waals surface area contributed by atoms with Gasteiger partial charge in [0.1, 0.15) is 5.75 Å². The van der Waals surface area contributed by atoms with Crippen LogP contribution < -0.4 is 4.74 Å². The molecule has 30 heavy (non-hydrogen) atoms. The molecule has 0 N–H and O–H groups in total. The van der Waals surface area contributed by atoms with Crippen LogP contribution >= 0.6 is 0 Å². The van der Waals surface area contributed by atoms with E-state index in [9.17, 15) is 14.4 Å². The van der Waals surface area contributed by atoms with Gasteiger partial charge >= 0.3 is 0 Å². The fourth-order valence-electron chi connectivity index (χ4n) is 3.99. The number of nitrogens with zero attached hydrogens (tertiary/aromatic N) is 3. The second-order valence-corrected chi connectivity index (χ2v) is 7.62. The molecule has 0 saturated carbocycles. The van der Waals surface area contributed by atoms with E-state index in [1.165, 1.54) is 6.26 Å². The van der Waals surface area contributed by atoms with E-state index in [1.54, 1.807) is 33.9 Å². The number of piperazine rings is 1. The highest BCUT2D eigenvalue weighted by atomic mass is 16.5. The van der Waals surface area contributed by atoms with E-state index < -0.39 is 0 Å². The summed E-state index contributed by atoms with van der Waals surface area (Å²) in [5.74, 6) is 0.577. The average Bonchev–Trinajstić information content (AvgIpc) is 3.44. The third-order valence-electron chi connectivity index (χ3n) is 5.71. The largest absolute Gasteiger partial charge is 0.497 e. The second-order valence-electron chi connectivity index (χ2n) is 7.62. The first-order valence-corrected chi connectivity index (χ1v) is 10.1. The van der Waals surface area contributed by atoms with Gasteiger partial charge in [0.05, 0.1) is 19.3 Å². The summed E-state index contributed by atoms with van der Waals surface area (Å²) in [4.78, 5) is 42.9. The summed E-state index contributed by atoms with van der Waals surface area (Å²) < 4.78 is 10.3. The molecular formula is C22H25N3O5. The lowest BCUT2D eigenvalue weighted by atomic mass is 10.1. The zero-order chi connectivity index (χ0) is 21.1. The predicted molar refractivity (Wildman–Crippen MR) is 108 cm³/mol. The van der Waals surface area contributed by atoms with Crippen LogP contribution in [0.1, 0.15) is 22.5 Å². The summed E-state index contributed by atoms with van der Waals surface area (Å²) in [7, 11) is 1.61. The van der Waals surface area contributed by atoms with Crippen LogP contribution in [0.3, 0.4) is 0 Å². The van der Waals surface area contributed by atoms with Crippen molar-refractivity contribution >= 4 is 17.7 Å². The van der Waals surface area contributed by atoms with Gasteiger partial charge < -0.3 is 23.9 Å². The molecule has 158 valence electrons. The molecule has 0 aliphatic carbocycles.